The SMILES string of the molecule is C=CCCC(=O)N(CCCOc1ccc(C[C@H](Nc2ccccc2C(=O)c2ccccc2)C(=O)O)cc1)c1ccccc1C. The van der Waals surface area contributed by atoms with E-state index in [9.17, 15) is 19.5 Å². The Kier molecular flexibility index (Phi) is 11.5. The number of carboxylic acid groups (broad SMARTS) is 1. The Morgan fingerprint density at radius 2 is 1.59 bits per heavy atom. The molecule has 4 aromatic rings. The van der Waals surface area contributed by atoms with E-state index in [4.69, 9.17) is 4.74 Å². The van der Waals surface area contributed by atoms with Crippen molar-refractivity contribution >= 4 is 29.0 Å². The van der Waals surface area contributed by atoms with Crippen molar-refractivity contribution in [3.05, 3.63) is 138 Å². The van der Waals surface area contributed by atoms with Crippen LogP contribution in [0.3, 0.4) is 0 Å². The molecule has 0 saturated carbocycles. The van der Waals surface area contributed by atoms with Crippen molar-refractivity contribution in [3.8, 4) is 5.75 Å². The first kappa shape index (κ1) is 31.8. The van der Waals surface area contributed by atoms with Crippen LogP contribution in [0.15, 0.2) is 116 Å². The van der Waals surface area contributed by atoms with E-state index < -0.39 is 12.0 Å². The first-order valence-corrected chi connectivity index (χ1v) is 14.7. The summed E-state index contributed by atoms with van der Waals surface area (Å²) in [5, 5.41) is 13.0. The number of aliphatic carboxylic acids is 1. The summed E-state index contributed by atoms with van der Waals surface area (Å²) >= 11 is 0. The van der Waals surface area contributed by atoms with E-state index >= 15 is 0 Å². The number of nitrogens with one attached hydrogen (secondary N) is 1. The number of amides is 1. The summed E-state index contributed by atoms with van der Waals surface area (Å²) in [6.45, 7) is 6.67. The number of allylic oxidation sites excluding steroid dienone is 1. The quantitative estimate of drug-likeness (QED) is 0.0821. The van der Waals surface area contributed by atoms with Gasteiger partial charge in [-0.1, -0.05) is 78.9 Å². The monoisotopic (exact) mass is 590 g/mol. The van der Waals surface area contributed by atoms with Gasteiger partial charge in [0.05, 0.1) is 6.61 Å². The van der Waals surface area contributed by atoms with Crippen LogP contribution in [0.25, 0.3) is 0 Å². The van der Waals surface area contributed by atoms with Crippen LogP contribution in [0.5, 0.6) is 5.75 Å². The average molecular weight is 591 g/mol. The lowest BCUT2D eigenvalue weighted by atomic mass is 10.00. The summed E-state index contributed by atoms with van der Waals surface area (Å²) in [7, 11) is 0. The maximum absolute atomic E-state index is 13.1. The van der Waals surface area contributed by atoms with Crippen molar-refractivity contribution in [2.24, 2.45) is 0 Å². The Balaban J connectivity index is 1.35. The van der Waals surface area contributed by atoms with E-state index in [0.717, 1.165) is 16.8 Å². The topological polar surface area (TPSA) is 95.9 Å². The number of nitrogens with zero attached hydrogens (tertiary/aromatic N) is 1. The maximum atomic E-state index is 13.1. The van der Waals surface area contributed by atoms with Crippen LogP contribution in [-0.4, -0.2) is 42.0 Å². The number of carboxylic acids is 1. The second kappa shape index (κ2) is 15.9. The molecule has 4 rings (SSSR count). The lowest BCUT2D eigenvalue weighted by molar-refractivity contribution is -0.137. The standard InChI is InChI=1S/C37H38N2O5/c1-3-4-19-35(40)39(34-18-11-8-13-27(34)2)24-12-25-44-30-22-20-28(21-23-30)26-33(37(42)43)38-32-17-10-9-16-31(32)36(41)29-14-6-5-7-15-29/h3,5-11,13-18,20-23,33,38H,1,4,12,19,24-26H2,2H3,(H,42,43)/t33-/m0/s1. The molecule has 4 aromatic carbocycles. The van der Waals surface area contributed by atoms with E-state index in [1.807, 2.05) is 66.4 Å². The molecule has 0 fully saturated rings. The lowest BCUT2D eigenvalue weighted by Crippen LogP contribution is -2.33. The minimum atomic E-state index is -1.02. The van der Waals surface area contributed by atoms with Gasteiger partial charge in [0.1, 0.15) is 11.8 Å². The first-order chi connectivity index (χ1) is 21.4. The predicted octanol–water partition coefficient (Wildman–Crippen LogP) is 7.10. The number of hydrogen-bond donors (Lipinski definition) is 2. The largest absolute Gasteiger partial charge is 0.494 e. The van der Waals surface area contributed by atoms with Gasteiger partial charge in [0.2, 0.25) is 5.91 Å². The Bertz CT molecular complexity index is 1570. The van der Waals surface area contributed by atoms with E-state index in [2.05, 4.69) is 11.9 Å². The number of ether oxygens (including phenoxy) is 1. The van der Waals surface area contributed by atoms with Crippen molar-refractivity contribution in [2.45, 2.75) is 38.6 Å². The van der Waals surface area contributed by atoms with E-state index in [1.54, 1.807) is 54.6 Å². The third-order valence-electron chi connectivity index (χ3n) is 7.26. The van der Waals surface area contributed by atoms with Crippen molar-refractivity contribution in [2.75, 3.05) is 23.4 Å². The van der Waals surface area contributed by atoms with Gasteiger partial charge in [0.15, 0.2) is 5.78 Å². The number of ketones is 1. The number of carbonyl (C=O) groups excluding carboxylic acids is 2. The number of benzene rings is 4. The molecule has 226 valence electrons. The van der Waals surface area contributed by atoms with Gasteiger partial charge in [0.25, 0.3) is 0 Å². The van der Waals surface area contributed by atoms with Crippen molar-refractivity contribution in [3.63, 3.8) is 0 Å². The van der Waals surface area contributed by atoms with Crippen LogP contribution in [0.4, 0.5) is 11.4 Å². The maximum Gasteiger partial charge on any atom is 0.326 e. The Labute approximate surface area is 258 Å². The van der Waals surface area contributed by atoms with Gasteiger partial charge in [-0.25, -0.2) is 4.79 Å². The highest BCUT2D eigenvalue weighted by Crippen LogP contribution is 2.23. The molecule has 0 aromatic heterocycles. The Morgan fingerprint density at radius 1 is 0.909 bits per heavy atom. The summed E-state index contributed by atoms with van der Waals surface area (Å²) in [5.41, 5.74) is 4.17. The number of hydrogen-bond acceptors (Lipinski definition) is 5. The van der Waals surface area contributed by atoms with Crippen molar-refractivity contribution in [1.82, 2.24) is 0 Å². The predicted molar refractivity (Wildman–Crippen MR) is 175 cm³/mol. The van der Waals surface area contributed by atoms with Gasteiger partial charge in [-0.3, -0.25) is 9.59 Å². The molecule has 0 aliphatic carbocycles. The molecule has 44 heavy (non-hydrogen) atoms. The van der Waals surface area contributed by atoms with Crippen LogP contribution in [0.2, 0.25) is 0 Å². The molecule has 0 spiro atoms. The zero-order chi connectivity index (χ0) is 31.3. The number of para-hydroxylation sites is 2. The number of anilines is 2. The normalized spacial score (nSPS) is 11.3. The number of rotatable bonds is 16. The van der Waals surface area contributed by atoms with Crippen LogP contribution in [0, 0.1) is 6.92 Å². The first-order valence-electron chi connectivity index (χ1n) is 14.7. The molecule has 0 aliphatic heterocycles. The molecule has 0 unspecified atom stereocenters. The third-order valence-corrected chi connectivity index (χ3v) is 7.26. The highest BCUT2D eigenvalue weighted by Gasteiger charge is 2.21. The van der Waals surface area contributed by atoms with Gasteiger partial charge in [-0.15, -0.1) is 6.58 Å². The highest BCUT2D eigenvalue weighted by atomic mass is 16.5. The highest BCUT2D eigenvalue weighted by molar-refractivity contribution is 6.12. The van der Waals surface area contributed by atoms with E-state index in [0.29, 0.717) is 55.0 Å². The van der Waals surface area contributed by atoms with Gasteiger partial charge < -0.3 is 20.1 Å². The zero-order valence-electron chi connectivity index (χ0n) is 24.9. The summed E-state index contributed by atoms with van der Waals surface area (Å²) in [6.07, 6.45) is 3.63. The summed E-state index contributed by atoms with van der Waals surface area (Å²) in [6, 6.07) is 30.1. The van der Waals surface area contributed by atoms with Gasteiger partial charge in [-0.05, 0) is 61.2 Å². The second-order valence-electron chi connectivity index (χ2n) is 10.5. The summed E-state index contributed by atoms with van der Waals surface area (Å²) in [4.78, 5) is 40.0. The second-order valence-corrected chi connectivity index (χ2v) is 10.5. The average Bonchev–Trinajstić information content (AvgIpc) is 3.05. The van der Waals surface area contributed by atoms with Crippen molar-refractivity contribution < 1.29 is 24.2 Å². The number of carbonyl (C=O) groups is 3. The fraction of sp³-hybridized carbons (Fsp3) is 0.216. The van der Waals surface area contributed by atoms with Crippen LogP contribution in [-0.2, 0) is 16.0 Å². The van der Waals surface area contributed by atoms with Gasteiger partial charge in [0, 0.05) is 41.9 Å². The summed E-state index contributed by atoms with van der Waals surface area (Å²) in [5.74, 6) is -0.486. The fourth-order valence-corrected chi connectivity index (χ4v) is 4.92. The molecule has 2 N–H and O–H groups in total. The van der Waals surface area contributed by atoms with Crippen LogP contribution < -0.4 is 15.0 Å². The Morgan fingerprint density at radius 3 is 2.30 bits per heavy atom. The molecule has 0 radical (unpaired) electrons. The van der Waals surface area contributed by atoms with Crippen LogP contribution in [0.1, 0.15) is 46.3 Å². The molecular weight excluding hydrogens is 552 g/mol. The molecular formula is C37H38N2O5. The third kappa shape index (κ3) is 8.67. The Hall–Kier alpha value is -5.17. The molecule has 1 atom stereocenters. The van der Waals surface area contributed by atoms with Crippen LogP contribution >= 0.6 is 0 Å². The van der Waals surface area contributed by atoms with Gasteiger partial charge in [-0.2, -0.15) is 0 Å². The molecule has 7 nitrogen and oxygen atoms in total. The van der Waals surface area contributed by atoms with E-state index in [-0.39, 0.29) is 18.1 Å². The van der Waals surface area contributed by atoms with E-state index in [1.165, 1.54) is 0 Å². The minimum Gasteiger partial charge on any atom is -0.494 e. The molecule has 0 heterocycles. The fourth-order valence-electron chi connectivity index (χ4n) is 4.92. The minimum absolute atomic E-state index is 0.0530. The smallest absolute Gasteiger partial charge is 0.326 e. The molecule has 0 bridgehead atoms. The van der Waals surface area contributed by atoms with Crippen molar-refractivity contribution in [1.29, 1.82) is 0 Å². The number of aryl methyl sites for hydroxylation is 1. The molecule has 1 amide bonds. The summed E-state index contributed by atoms with van der Waals surface area (Å²) < 4.78 is 5.95. The molecule has 7 heteroatoms. The molecule has 0 saturated heterocycles. The van der Waals surface area contributed by atoms with Gasteiger partial charge >= 0.3 is 5.97 Å². The zero-order valence-corrected chi connectivity index (χ0v) is 24.9. The lowest BCUT2D eigenvalue weighted by Gasteiger charge is -2.24. The molecule has 0 aliphatic rings.